The Hall–Kier alpha value is -2.21. The molecular weight excluding hydrogens is 272 g/mol. The zero-order valence-corrected chi connectivity index (χ0v) is 10.0. The van der Waals surface area contributed by atoms with Crippen molar-refractivity contribution in [3.8, 4) is 0 Å². The van der Waals surface area contributed by atoms with E-state index in [1.54, 1.807) is 0 Å². The van der Waals surface area contributed by atoms with Gasteiger partial charge in [-0.25, -0.2) is 4.39 Å². The summed E-state index contributed by atoms with van der Waals surface area (Å²) in [6, 6.07) is 11.0. The van der Waals surface area contributed by atoms with Gasteiger partial charge in [-0.1, -0.05) is 67.2 Å². The number of hydrogen-bond acceptors (Lipinski definition) is 2. The van der Waals surface area contributed by atoms with E-state index in [4.69, 9.17) is 0 Å². The summed E-state index contributed by atoms with van der Waals surface area (Å²) in [4.78, 5) is 0. The van der Waals surface area contributed by atoms with Crippen molar-refractivity contribution in [3.63, 3.8) is 0 Å². The van der Waals surface area contributed by atoms with Crippen LogP contribution in [-0.2, 0) is 5.79 Å². The van der Waals surface area contributed by atoms with Gasteiger partial charge < -0.3 is 0 Å². The smallest absolute Gasteiger partial charge is 0.210 e. The number of halogens is 4. The molecule has 0 unspecified atom stereocenters. The van der Waals surface area contributed by atoms with Crippen LogP contribution in [-0.4, -0.2) is 11.1 Å². The minimum Gasteiger partial charge on any atom is -0.210 e. The molecule has 3 rings (SSSR count). The zero-order chi connectivity index (χ0) is 14.3. The second-order valence-electron chi connectivity index (χ2n) is 4.38. The molecule has 0 amide bonds. The van der Waals surface area contributed by atoms with Gasteiger partial charge >= 0.3 is 0 Å². The molecule has 0 radical (unpaired) electrons. The van der Waals surface area contributed by atoms with E-state index in [1.165, 1.54) is 48.5 Å². The van der Waals surface area contributed by atoms with Gasteiger partial charge in [0.05, 0.1) is 5.34 Å². The van der Waals surface area contributed by atoms with Gasteiger partial charge in [0.15, 0.2) is 0 Å². The van der Waals surface area contributed by atoms with Gasteiger partial charge in [0, 0.05) is 22.3 Å². The van der Waals surface area contributed by atoms with Gasteiger partial charge in [0.1, 0.15) is 5.71 Å². The Balaban J connectivity index is 2.42. The van der Waals surface area contributed by atoms with Crippen LogP contribution in [0.5, 0.6) is 0 Å². The highest BCUT2D eigenvalue weighted by molar-refractivity contribution is 6.16. The molecule has 0 aliphatic heterocycles. The standard InChI is InChI=1S/C14H8F4N2/c15-14(20(17)18)11-7-3-1-5-9(11)13(19-16)10-6-2-4-8-12(10)14/h1-8H. The van der Waals surface area contributed by atoms with E-state index in [2.05, 4.69) is 5.21 Å². The highest BCUT2D eigenvalue weighted by Crippen LogP contribution is 2.45. The molecule has 6 heteroatoms. The van der Waals surface area contributed by atoms with E-state index < -0.39 is 11.1 Å². The fourth-order valence-electron chi connectivity index (χ4n) is 2.52. The average Bonchev–Trinajstić information content (AvgIpc) is 2.48. The van der Waals surface area contributed by atoms with Crippen LogP contribution in [0.1, 0.15) is 22.3 Å². The molecule has 1 aliphatic carbocycles. The van der Waals surface area contributed by atoms with Gasteiger partial charge in [-0.3, -0.25) is 0 Å². The SMILES string of the molecule is FN=C1c2ccccc2C(F)(N(F)F)c2ccccc21. The van der Waals surface area contributed by atoms with E-state index in [0.29, 0.717) is 0 Å². The van der Waals surface area contributed by atoms with E-state index >= 15 is 0 Å². The lowest BCUT2D eigenvalue weighted by molar-refractivity contribution is -0.268. The van der Waals surface area contributed by atoms with Crippen molar-refractivity contribution in [2.24, 2.45) is 5.21 Å². The predicted molar refractivity (Wildman–Crippen MR) is 65.6 cm³/mol. The fraction of sp³-hybridized carbons (Fsp3) is 0.0714. The Bertz CT molecular complexity index is 648. The lowest BCUT2D eigenvalue weighted by Gasteiger charge is -2.33. The van der Waals surface area contributed by atoms with Crippen LogP contribution < -0.4 is 0 Å². The quantitative estimate of drug-likeness (QED) is 0.438. The van der Waals surface area contributed by atoms with Crippen molar-refractivity contribution < 1.29 is 17.8 Å². The van der Waals surface area contributed by atoms with Crippen molar-refractivity contribution in [2.45, 2.75) is 5.79 Å². The third-order valence-corrected chi connectivity index (χ3v) is 3.40. The first-order valence-corrected chi connectivity index (χ1v) is 5.80. The van der Waals surface area contributed by atoms with Crippen molar-refractivity contribution in [1.29, 1.82) is 0 Å². The van der Waals surface area contributed by atoms with E-state index in [-0.39, 0.29) is 28.0 Å². The molecule has 1 aliphatic rings. The van der Waals surface area contributed by atoms with Crippen molar-refractivity contribution in [3.05, 3.63) is 70.8 Å². The van der Waals surface area contributed by atoms with Gasteiger partial charge in [-0.2, -0.15) is 0 Å². The Morgan fingerprint density at radius 1 is 0.850 bits per heavy atom. The summed E-state index contributed by atoms with van der Waals surface area (Å²) in [5.74, 6) is -3.12. The first-order chi connectivity index (χ1) is 9.60. The minimum absolute atomic E-state index is 0.0106. The summed E-state index contributed by atoms with van der Waals surface area (Å²) in [5.41, 5.74) is -0.792. The van der Waals surface area contributed by atoms with Crippen LogP contribution >= 0.6 is 0 Å². The van der Waals surface area contributed by atoms with E-state index in [0.717, 1.165) is 0 Å². The minimum atomic E-state index is -3.12. The highest BCUT2D eigenvalue weighted by atomic mass is 19.4. The normalized spacial score (nSPS) is 20.6. The molecular formula is C14H8F4N2. The van der Waals surface area contributed by atoms with Crippen molar-refractivity contribution in [2.75, 3.05) is 0 Å². The van der Waals surface area contributed by atoms with Crippen LogP contribution in [0, 0.1) is 0 Å². The molecule has 0 saturated carbocycles. The predicted octanol–water partition coefficient (Wildman–Crippen LogP) is 3.96. The first-order valence-electron chi connectivity index (χ1n) is 5.80. The Morgan fingerprint density at radius 2 is 1.30 bits per heavy atom. The van der Waals surface area contributed by atoms with Gasteiger partial charge in [0.2, 0.25) is 0 Å². The molecule has 0 N–H and O–H groups in total. The topological polar surface area (TPSA) is 15.6 Å². The van der Waals surface area contributed by atoms with Crippen molar-refractivity contribution >= 4 is 5.71 Å². The second-order valence-corrected chi connectivity index (χ2v) is 4.38. The Labute approximate surface area is 111 Å². The fourth-order valence-corrected chi connectivity index (χ4v) is 2.52. The molecule has 102 valence electrons. The lowest BCUT2D eigenvalue weighted by Crippen LogP contribution is -2.39. The number of fused-ring (bicyclic) bond motifs is 2. The number of benzene rings is 2. The molecule has 2 aromatic rings. The molecule has 0 heterocycles. The molecule has 20 heavy (non-hydrogen) atoms. The third kappa shape index (κ3) is 1.51. The van der Waals surface area contributed by atoms with Gasteiger partial charge in [-0.15, -0.1) is 0 Å². The Morgan fingerprint density at radius 3 is 1.70 bits per heavy atom. The van der Waals surface area contributed by atoms with Crippen LogP contribution in [0.4, 0.5) is 17.8 Å². The molecule has 0 atom stereocenters. The summed E-state index contributed by atoms with van der Waals surface area (Å²) in [7, 11) is 0. The number of nitrogens with zero attached hydrogens (tertiary/aromatic N) is 2. The number of rotatable bonds is 1. The average molecular weight is 280 g/mol. The molecule has 0 bridgehead atoms. The van der Waals surface area contributed by atoms with E-state index in [9.17, 15) is 17.8 Å². The summed E-state index contributed by atoms with van der Waals surface area (Å²) in [6.45, 7) is 0. The molecule has 0 aromatic heterocycles. The van der Waals surface area contributed by atoms with Crippen molar-refractivity contribution in [1.82, 2.24) is 5.34 Å². The summed E-state index contributed by atoms with van der Waals surface area (Å²) >= 11 is 0. The van der Waals surface area contributed by atoms with Crippen LogP contribution in [0.15, 0.2) is 53.7 Å². The maximum Gasteiger partial charge on any atom is 0.273 e. The molecule has 0 fully saturated rings. The second kappa shape index (κ2) is 4.42. The number of hydrogen-bond donors (Lipinski definition) is 0. The van der Waals surface area contributed by atoms with Gasteiger partial charge in [-0.05, 0) is 0 Å². The summed E-state index contributed by atoms with van der Waals surface area (Å²) in [5, 5.41) is 1.14. The van der Waals surface area contributed by atoms with E-state index in [1.807, 2.05) is 0 Å². The summed E-state index contributed by atoms with van der Waals surface area (Å²) in [6.07, 6.45) is 0. The Kier molecular flexibility index (Phi) is 2.83. The number of alkyl halides is 1. The highest BCUT2D eigenvalue weighted by Gasteiger charge is 2.50. The van der Waals surface area contributed by atoms with Crippen LogP contribution in [0.2, 0.25) is 0 Å². The van der Waals surface area contributed by atoms with Crippen LogP contribution in [0.3, 0.4) is 0 Å². The van der Waals surface area contributed by atoms with Crippen LogP contribution in [0.25, 0.3) is 0 Å². The molecule has 2 nitrogen and oxygen atoms in total. The first kappa shape index (κ1) is 12.8. The molecule has 0 spiro atoms. The summed E-state index contributed by atoms with van der Waals surface area (Å²) < 4.78 is 54.4. The maximum absolute atomic E-state index is 15.0. The maximum atomic E-state index is 15.0. The third-order valence-electron chi connectivity index (χ3n) is 3.40. The zero-order valence-electron chi connectivity index (χ0n) is 10.0. The van der Waals surface area contributed by atoms with Gasteiger partial charge in [0.25, 0.3) is 5.79 Å². The lowest BCUT2D eigenvalue weighted by atomic mass is 9.80. The monoisotopic (exact) mass is 280 g/mol. The largest absolute Gasteiger partial charge is 0.273 e. The molecule has 2 aromatic carbocycles. The molecule has 0 saturated heterocycles.